The van der Waals surface area contributed by atoms with E-state index >= 15 is 0 Å². The first-order chi connectivity index (χ1) is 19.3. The number of rotatable bonds is 7. The Labute approximate surface area is 248 Å². The summed E-state index contributed by atoms with van der Waals surface area (Å²) in [5.41, 5.74) is 7.27. The second-order valence-corrected chi connectivity index (χ2v) is 9.19. The van der Waals surface area contributed by atoms with Gasteiger partial charge >= 0.3 is 0 Å². The molecule has 6 aromatic rings. The molecule has 0 aliphatic rings. The van der Waals surface area contributed by atoms with E-state index in [0.717, 1.165) is 40.4 Å². The molecule has 0 amide bonds. The predicted molar refractivity (Wildman–Crippen MR) is 157 cm³/mol. The molecule has 6 rings (SSSR count). The van der Waals surface area contributed by atoms with Gasteiger partial charge in [0, 0.05) is 38.5 Å². The van der Waals surface area contributed by atoms with Crippen LogP contribution < -0.4 is 4.90 Å². The van der Waals surface area contributed by atoms with E-state index in [4.69, 9.17) is 4.98 Å². The molecular formula is C35H26N3OPt-. The molecule has 2 heterocycles. The topological polar surface area (TPSA) is 49.2 Å². The van der Waals surface area contributed by atoms with Gasteiger partial charge in [0.1, 0.15) is 11.6 Å². The summed E-state index contributed by atoms with van der Waals surface area (Å²) in [6.45, 7) is 0. The van der Waals surface area contributed by atoms with Gasteiger partial charge in [-0.25, -0.2) is 4.98 Å². The Hall–Kier alpha value is -4.53. The fourth-order valence-electron chi connectivity index (χ4n) is 4.71. The molecule has 0 atom stereocenters. The van der Waals surface area contributed by atoms with Crippen LogP contribution in [0.4, 0.5) is 17.2 Å². The molecule has 4 aromatic carbocycles. The molecule has 0 saturated heterocycles. The number of nitrogens with zero attached hydrogens (tertiary/aromatic N) is 3. The molecule has 198 valence electrons. The number of hydrogen-bond donors (Lipinski definition) is 1. The molecule has 0 aliphatic carbocycles. The van der Waals surface area contributed by atoms with E-state index in [1.807, 2.05) is 78.9 Å². The molecule has 5 heteroatoms. The third-order valence-corrected chi connectivity index (χ3v) is 6.57. The zero-order chi connectivity index (χ0) is 26.4. The smallest absolute Gasteiger partial charge is 0.136 e. The molecule has 0 fully saturated rings. The molecule has 0 aliphatic heterocycles. The van der Waals surface area contributed by atoms with Crippen LogP contribution in [-0.2, 0) is 27.5 Å². The van der Waals surface area contributed by atoms with Crippen molar-refractivity contribution < 1.29 is 26.2 Å². The number of phenols is 1. The van der Waals surface area contributed by atoms with E-state index in [1.54, 1.807) is 12.3 Å². The number of aromatic nitrogens is 2. The Morgan fingerprint density at radius 2 is 1.35 bits per heavy atom. The Balaban J connectivity index is 0.00000323. The number of pyridine rings is 2. The van der Waals surface area contributed by atoms with Crippen molar-refractivity contribution in [3.63, 3.8) is 0 Å². The number of benzene rings is 4. The molecule has 0 radical (unpaired) electrons. The number of phenolic OH excluding ortho intramolecular Hbond substituents is 1. The predicted octanol–water partition coefficient (Wildman–Crippen LogP) is 8.37. The van der Waals surface area contributed by atoms with Crippen molar-refractivity contribution in [2.45, 2.75) is 6.42 Å². The van der Waals surface area contributed by atoms with Gasteiger partial charge in [-0.2, -0.15) is 0 Å². The first-order valence-corrected chi connectivity index (χ1v) is 12.9. The van der Waals surface area contributed by atoms with Crippen molar-refractivity contribution in [2.75, 3.05) is 4.90 Å². The Morgan fingerprint density at radius 3 is 2.10 bits per heavy atom. The van der Waals surface area contributed by atoms with Gasteiger partial charge in [-0.05, 0) is 60.3 Å². The minimum absolute atomic E-state index is 0. The van der Waals surface area contributed by atoms with Crippen molar-refractivity contribution in [3.05, 3.63) is 157 Å². The fraction of sp³-hybridized carbons (Fsp3) is 0.0286. The zero-order valence-corrected chi connectivity index (χ0v) is 23.9. The van der Waals surface area contributed by atoms with Gasteiger partial charge in [-0.1, -0.05) is 84.4 Å². The number of aromatic hydroxyl groups is 1. The molecule has 1 N–H and O–H groups in total. The summed E-state index contributed by atoms with van der Waals surface area (Å²) in [6, 6.07) is 47.6. The third kappa shape index (κ3) is 5.88. The summed E-state index contributed by atoms with van der Waals surface area (Å²) < 4.78 is 0. The standard InChI is InChI=1S/C35H26N3O.Pt/c39-34-19-8-7-16-30(34)32-17-11-18-33(37-32)31-25-29(22-21-27(31)24-26-12-3-1-4-13-26)38(28-14-5-2-6-15-28)35-20-9-10-23-36-35;/h1-23,39H,24H2;/q-1;. The molecule has 0 spiro atoms. The van der Waals surface area contributed by atoms with Gasteiger partial charge in [0.15, 0.2) is 0 Å². The van der Waals surface area contributed by atoms with Crippen LogP contribution in [0.2, 0.25) is 0 Å². The Kier molecular flexibility index (Phi) is 8.49. The molecule has 4 nitrogen and oxygen atoms in total. The average molecular weight is 700 g/mol. The normalized spacial score (nSPS) is 10.5. The summed E-state index contributed by atoms with van der Waals surface area (Å²) in [7, 11) is 0. The van der Waals surface area contributed by atoms with Crippen LogP contribution in [0.3, 0.4) is 0 Å². The number of para-hydroxylation sites is 2. The van der Waals surface area contributed by atoms with Crippen LogP contribution in [0.1, 0.15) is 11.1 Å². The quantitative estimate of drug-likeness (QED) is 0.170. The van der Waals surface area contributed by atoms with Gasteiger partial charge in [0.2, 0.25) is 0 Å². The molecule has 2 aromatic heterocycles. The van der Waals surface area contributed by atoms with Crippen LogP contribution >= 0.6 is 0 Å². The van der Waals surface area contributed by atoms with Crippen molar-refractivity contribution in [2.24, 2.45) is 0 Å². The van der Waals surface area contributed by atoms with E-state index in [2.05, 4.69) is 64.5 Å². The van der Waals surface area contributed by atoms with Crippen molar-refractivity contribution >= 4 is 17.2 Å². The van der Waals surface area contributed by atoms with Gasteiger partial charge in [0.05, 0.1) is 5.69 Å². The maximum atomic E-state index is 10.5. The van der Waals surface area contributed by atoms with Crippen molar-refractivity contribution in [1.82, 2.24) is 9.97 Å². The SMILES string of the molecule is Oc1ccccc1-c1cccc(-c2[c-]c(N(c3ccccc3)c3ccccn3)ccc2Cc2ccccc2)n1.[Pt]. The van der Waals surface area contributed by atoms with E-state index < -0.39 is 0 Å². The van der Waals surface area contributed by atoms with E-state index in [0.29, 0.717) is 11.3 Å². The summed E-state index contributed by atoms with van der Waals surface area (Å²) in [5, 5.41) is 10.5. The monoisotopic (exact) mass is 699 g/mol. The maximum absolute atomic E-state index is 10.5. The molecule has 0 bridgehead atoms. The fourth-order valence-corrected chi connectivity index (χ4v) is 4.71. The Bertz CT molecular complexity index is 1650. The minimum atomic E-state index is 0. The van der Waals surface area contributed by atoms with Crippen LogP contribution in [0, 0.1) is 6.07 Å². The Morgan fingerprint density at radius 1 is 0.650 bits per heavy atom. The minimum Gasteiger partial charge on any atom is -0.507 e. The van der Waals surface area contributed by atoms with Crippen LogP contribution in [0.15, 0.2) is 140 Å². The zero-order valence-electron chi connectivity index (χ0n) is 21.6. The van der Waals surface area contributed by atoms with E-state index in [9.17, 15) is 5.11 Å². The first-order valence-electron chi connectivity index (χ1n) is 12.9. The number of hydrogen-bond acceptors (Lipinski definition) is 4. The van der Waals surface area contributed by atoms with Gasteiger partial charge in [-0.3, -0.25) is 4.98 Å². The van der Waals surface area contributed by atoms with Gasteiger partial charge in [-0.15, -0.1) is 29.3 Å². The number of anilines is 3. The first kappa shape index (κ1) is 27.1. The average Bonchev–Trinajstić information content (AvgIpc) is 3.00. The second kappa shape index (κ2) is 12.5. The molecule has 40 heavy (non-hydrogen) atoms. The van der Waals surface area contributed by atoms with Crippen LogP contribution in [0.25, 0.3) is 22.5 Å². The largest absolute Gasteiger partial charge is 0.507 e. The maximum Gasteiger partial charge on any atom is 0.136 e. The van der Waals surface area contributed by atoms with Crippen LogP contribution in [0.5, 0.6) is 5.75 Å². The molecule has 0 saturated carbocycles. The van der Waals surface area contributed by atoms with Crippen molar-refractivity contribution in [1.29, 1.82) is 0 Å². The van der Waals surface area contributed by atoms with Gasteiger partial charge in [0.25, 0.3) is 0 Å². The van der Waals surface area contributed by atoms with Gasteiger partial charge < -0.3 is 10.0 Å². The molecule has 0 unspecified atom stereocenters. The van der Waals surface area contributed by atoms with E-state index in [1.165, 1.54) is 5.56 Å². The third-order valence-electron chi connectivity index (χ3n) is 6.57. The van der Waals surface area contributed by atoms with Crippen molar-refractivity contribution in [3.8, 4) is 28.3 Å². The van der Waals surface area contributed by atoms with E-state index in [-0.39, 0.29) is 26.8 Å². The molecular weight excluding hydrogens is 673 g/mol. The summed E-state index contributed by atoms with van der Waals surface area (Å²) in [4.78, 5) is 11.7. The summed E-state index contributed by atoms with van der Waals surface area (Å²) in [5.74, 6) is 1.01. The summed E-state index contributed by atoms with van der Waals surface area (Å²) in [6.07, 6.45) is 2.54. The summed E-state index contributed by atoms with van der Waals surface area (Å²) >= 11 is 0. The second-order valence-electron chi connectivity index (χ2n) is 9.19. The van der Waals surface area contributed by atoms with Crippen LogP contribution in [-0.4, -0.2) is 15.1 Å².